The van der Waals surface area contributed by atoms with Crippen molar-refractivity contribution in [1.82, 2.24) is 0 Å². The lowest BCUT2D eigenvalue weighted by Gasteiger charge is -2.06. The number of anilines is 1. The largest absolute Gasteiger partial charge is 0.508 e. The number of benzene rings is 2. The highest BCUT2D eigenvalue weighted by atomic mass is 16.5. The van der Waals surface area contributed by atoms with Crippen LogP contribution in [0.4, 0.5) is 5.69 Å². The molecule has 5 nitrogen and oxygen atoms in total. The lowest BCUT2D eigenvalue weighted by atomic mass is 10.1. The van der Waals surface area contributed by atoms with Crippen LogP contribution in [-0.2, 0) is 4.79 Å². The molecule has 0 bridgehead atoms. The highest BCUT2D eigenvalue weighted by Gasteiger charge is 2.10. The van der Waals surface area contributed by atoms with Crippen LogP contribution in [0.3, 0.4) is 0 Å². The zero-order valence-electron chi connectivity index (χ0n) is 12.9. The van der Waals surface area contributed by atoms with Crippen molar-refractivity contribution >= 4 is 17.4 Å². The molecule has 0 saturated carbocycles. The normalized spacial score (nSPS) is 10.1. The number of nitrogens with one attached hydrogen (secondary N) is 1. The fourth-order valence-corrected chi connectivity index (χ4v) is 2.08. The second kappa shape index (κ2) is 7.98. The Balaban J connectivity index is 1.84. The molecule has 2 N–H and O–H groups in total. The van der Waals surface area contributed by atoms with Crippen LogP contribution in [0.5, 0.6) is 11.5 Å². The van der Waals surface area contributed by atoms with Crippen molar-refractivity contribution in [1.29, 1.82) is 0 Å². The average molecular weight is 313 g/mol. The quantitative estimate of drug-likeness (QED) is 0.768. The fourth-order valence-electron chi connectivity index (χ4n) is 2.08. The van der Waals surface area contributed by atoms with Crippen molar-refractivity contribution < 1.29 is 19.4 Å². The Morgan fingerprint density at radius 2 is 1.83 bits per heavy atom. The van der Waals surface area contributed by atoms with E-state index in [1.165, 1.54) is 12.1 Å². The summed E-state index contributed by atoms with van der Waals surface area (Å²) in [5.74, 6) is 0.424. The minimum absolute atomic E-state index is 0.0771. The van der Waals surface area contributed by atoms with Gasteiger partial charge in [0.1, 0.15) is 11.5 Å². The van der Waals surface area contributed by atoms with Crippen molar-refractivity contribution in [3.63, 3.8) is 0 Å². The van der Waals surface area contributed by atoms with Gasteiger partial charge in [0.2, 0.25) is 5.91 Å². The van der Waals surface area contributed by atoms with E-state index in [4.69, 9.17) is 4.74 Å². The molecule has 0 saturated heterocycles. The molecule has 2 aromatic rings. The summed E-state index contributed by atoms with van der Waals surface area (Å²) in [7, 11) is 0. The van der Waals surface area contributed by atoms with E-state index in [-0.39, 0.29) is 30.3 Å². The summed E-state index contributed by atoms with van der Waals surface area (Å²) in [5, 5.41) is 12.0. The summed E-state index contributed by atoms with van der Waals surface area (Å²) >= 11 is 0. The van der Waals surface area contributed by atoms with Crippen LogP contribution >= 0.6 is 0 Å². The number of phenols is 1. The maximum Gasteiger partial charge on any atom is 0.224 e. The molecular formula is C18H19NO4. The van der Waals surface area contributed by atoms with E-state index in [9.17, 15) is 14.7 Å². The minimum atomic E-state index is -0.269. The third-order valence-electron chi connectivity index (χ3n) is 3.20. The number of carbonyl (C=O) groups excluding carboxylic acids is 2. The second-order valence-corrected chi connectivity index (χ2v) is 4.98. The topological polar surface area (TPSA) is 75.6 Å². The Morgan fingerprint density at radius 3 is 2.48 bits per heavy atom. The molecule has 0 radical (unpaired) electrons. The maximum atomic E-state index is 12.1. The molecule has 0 atom stereocenters. The fraction of sp³-hybridized carbons (Fsp3) is 0.222. The van der Waals surface area contributed by atoms with Gasteiger partial charge < -0.3 is 15.2 Å². The molecule has 1 amide bonds. The van der Waals surface area contributed by atoms with E-state index >= 15 is 0 Å². The average Bonchev–Trinajstić information content (AvgIpc) is 2.54. The number of rotatable bonds is 7. The molecule has 0 aliphatic heterocycles. The molecule has 0 unspecified atom stereocenters. The molecule has 2 rings (SSSR count). The SMILES string of the molecule is CCOc1ccc(C(=O)CCC(=O)Nc2cccc(O)c2)cc1. The van der Waals surface area contributed by atoms with E-state index in [0.717, 1.165) is 0 Å². The third kappa shape index (κ3) is 5.14. The van der Waals surface area contributed by atoms with Crippen LogP contribution in [0.15, 0.2) is 48.5 Å². The van der Waals surface area contributed by atoms with Crippen molar-refractivity contribution in [3.05, 3.63) is 54.1 Å². The first-order valence-corrected chi connectivity index (χ1v) is 7.43. The number of aromatic hydroxyl groups is 1. The standard InChI is InChI=1S/C18H19NO4/c1-2-23-16-8-6-13(7-9-16)17(21)10-11-18(22)19-14-4-3-5-15(20)12-14/h3-9,12,20H,2,10-11H2,1H3,(H,19,22). The van der Waals surface area contributed by atoms with Crippen LogP contribution in [0.1, 0.15) is 30.1 Å². The Kier molecular flexibility index (Phi) is 5.74. The highest BCUT2D eigenvalue weighted by molar-refractivity contribution is 6.00. The lowest BCUT2D eigenvalue weighted by molar-refractivity contribution is -0.116. The van der Waals surface area contributed by atoms with E-state index in [1.54, 1.807) is 36.4 Å². The first kappa shape index (κ1) is 16.5. The maximum absolute atomic E-state index is 12.1. The van der Waals surface area contributed by atoms with E-state index < -0.39 is 0 Å². The van der Waals surface area contributed by atoms with Gasteiger partial charge in [-0.3, -0.25) is 9.59 Å². The molecule has 23 heavy (non-hydrogen) atoms. The molecule has 0 fully saturated rings. The number of phenolic OH excluding ortho intramolecular Hbond substituents is 1. The molecule has 2 aromatic carbocycles. The molecule has 5 heteroatoms. The molecule has 0 aromatic heterocycles. The van der Waals surface area contributed by atoms with E-state index in [1.807, 2.05) is 6.92 Å². The van der Waals surface area contributed by atoms with Gasteiger partial charge in [0, 0.05) is 30.2 Å². The smallest absolute Gasteiger partial charge is 0.224 e. The molecule has 120 valence electrons. The minimum Gasteiger partial charge on any atom is -0.508 e. The summed E-state index contributed by atoms with van der Waals surface area (Å²) in [6.45, 7) is 2.46. The van der Waals surface area contributed by atoms with Crippen molar-refractivity contribution in [2.75, 3.05) is 11.9 Å². The monoisotopic (exact) mass is 313 g/mol. The Morgan fingerprint density at radius 1 is 1.09 bits per heavy atom. The summed E-state index contributed by atoms with van der Waals surface area (Å²) in [6.07, 6.45) is 0.209. The molecule has 0 aliphatic rings. The van der Waals surface area contributed by atoms with Gasteiger partial charge >= 0.3 is 0 Å². The highest BCUT2D eigenvalue weighted by Crippen LogP contribution is 2.17. The summed E-state index contributed by atoms with van der Waals surface area (Å²) < 4.78 is 5.32. The predicted octanol–water partition coefficient (Wildman–Crippen LogP) is 3.39. The molecule has 0 aliphatic carbocycles. The third-order valence-corrected chi connectivity index (χ3v) is 3.20. The van der Waals surface area contributed by atoms with Gasteiger partial charge in [0.25, 0.3) is 0 Å². The van der Waals surface area contributed by atoms with Crippen molar-refractivity contribution in [2.45, 2.75) is 19.8 Å². The Labute approximate surface area is 134 Å². The van der Waals surface area contributed by atoms with Gasteiger partial charge in [0.15, 0.2) is 5.78 Å². The van der Waals surface area contributed by atoms with Gasteiger partial charge in [-0.1, -0.05) is 6.07 Å². The van der Waals surface area contributed by atoms with Crippen molar-refractivity contribution in [3.8, 4) is 11.5 Å². The summed E-state index contributed by atoms with van der Waals surface area (Å²) in [4.78, 5) is 23.9. The second-order valence-electron chi connectivity index (χ2n) is 4.98. The summed E-state index contributed by atoms with van der Waals surface area (Å²) in [5.41, 5.74) is 1.06. The van der Waals surface area contributed by atoms with Crippen LogP contribution < -0.4 is 10.1 Å². The van der Waals surface area contributed by atoms with E-state index in [2.05, 4.69) is 5.32 Å². The number of ether oxygens (including phenoxy) is 1. The lowest BCUT2D eigenvalue weighted by Crippen LogP contribution is -2.13. The van der Waals surface area contributed by atoms with Gasteiger partial charge in [-0.15, -0.1) is 0 Å². The van der Waals surface area contributed by atoms with Crippen LogP contribution in [0.2, 0.25) is 0 Å². The summed E-state index contributed by atoms with van der Waals surface area (Å²) in [6, 6.07) is 13.1. The van der Waals surface area contributed by atoms with Crippen LogP contribution in [0, 0.1) is 0 Å². The van der Waals surface area contributed by atoms with E-state index in [0.29, 0.717) is 23.6 Å². The number of amides is 1. The number of Topliss-reactive ketones (excluding diaryl/α,β-unsaturated/α-hetero) is 1. The van der Waals surface area contributed by atoms with Gasteiger partial charge in [-0.25, -0.2) is 0 Å². The van der Waals surface area contributed by atoms with Crippen LogP contribution in [0.25, 0.3) is 0 Å². The number of hydrogen-bond donors (Lipinski definition) is 2. The molecule has 0 heterocycles. The molecule has 0 spiro atoms. The zero-order chi connectivity index (χ0) is 16.7. The Bertz CT molecular complexity index is 680. The van der Waals surface area contributed by atoms with Crippen LogP contribution in [-0.4, -0.2) is 23.4 Å². The first-order chi connectivity index (χ1) is 11.1. The van der Waals surface area contributed by atoms with Crippen molar-refractivity contribution in [2.24, 2.45) is 0 Å². The number of carbonyl (C=O) groups is 2. The zero-order valence-corrected chi connectivity index (χ0v) is 12.9. The van der Waals surface area contributed by atoms with Gasteiger partial charge in [-0.05, 0) is 43.3 Å². The van der Waals surface area contributed by atoms with Gasteiger partial charge in [0.05, 0.1) is 6.61 Å². The number of ketones is 1. The predicted molar refractivity (Wildman–Crippen MR) is 87.9 cm³/mol. The Hall–Kier alpha value is -2.82. The van der Waals surface area contributed by atoms with Gasteiger partial charge in [-0.2, -0.15) is 0 Å². The first-order valence-electron chi connectivity index (χ1n) is 7.43. The number of hydrogen-bond acceptors (Lipinski definition) is 4. The molecular weight excluding hydrogens is 294 g/mol.